The van der Waals surface area contributed by atoms with Crippen molar-refractivity contribution >= 4 is 28.1 Å². The molecule has 0 bridgehead atoms. The number of hydrogen-bond acceptors (Lipinski definition) is 4. The molecule has 0 spiro atoms. The van der Waals surface area contributed by atoms with Crippen LogP contribution in [0.5, 0.6) is 0 Å². The van der Waals surface area contributed by atoms with E-state index in [4.69, 9.17) is 4.42 Å². The van der Waals surface area contributed by atoms with E-state index in [2.05, 4.69) is 0 Å². The number of furan rings is 1. The van der Waals surface area contributed by atoms with Crippen molar-refractivity contribution in [2.75, 3.05) is 0 Å². The third kappa shape index (κ3) is 2.81. The first-order valence-corrected chi connectivity index (χ1v) is 9.23. The molecular weight excluding hydrogens is 409 g/mol. The van der Waals surface area contributed by atoms with Gasteiger partial charge in [-0.3, -0.25) is 14.4 Å². The van der Waals surface area contributed by atoms with Crippen LogP contribution in [0.25, 0.3) is 10.8 Å². The molecule has 0 radical (unpaired) electrons. The van der Waals surface area contributed by atoms with Gasteiger partial charge in [0, 0.05) is 16.7 Å². The smallest absolute Gasteiger partial charge is 0.446 e. The van der Waals surface area contributed by atoms with Crippen LogP contribution in [0.1, 0.15) is 53.7 Å². The normalized spacial score (nSPS) is 13.3. The molecule has 4 aromatic rings. The maximum Gasteiger partial charge on any atom is 0.450 e. The molecule has 0 saturated heterocycles. The molecule has 1 aliphatic carbocycles. The Morgan fingerprint density at radius 2 is 1.39 bits per heavy atom. The molecule has 5 rings (SSSR count). The predicted octanol–water partition coefficient (Wildman–Crippen LogP) is 5.46. The van der Waals surface area contributed by atoms with Crippen molar-refractivity contribution in [1.29, 1.82) is 0 Å². The zero-order chi connectivity index (χ0) is 21.9. The molecule has 0 amide bonds. The quantitative estimate of drug-likeness (QED) is 0.356. The molecule has 0 aliphatic heterocycles. The van der Waals surface area contributed by atoms with Gasteiger partial charge in [0.25, 0.3) is 0 Å². The second kappa shape index (κ2) is 6.50. The molecule has 1 aliphatic rings. The number of carbonyl (C=O) groups excluding carboxylic acids is 3. The molecule has 7 heteroatoms. The van der Waals surface area contributed by atoms with Gasteiger partial charge in [0.2, 0.25) is 11.5 Å². The van der Waals surface area contributed by atoms with Crippen LogP contribution in [-0.4, -0.2) is 17.3 Å². The molecule has 0 saturated carbocycles. The molecule has 0 unspecified atom stereocenters. The van der Waals surface area contributed by atoms with Gasteiger partial charge in [0.1, 0.15) is 0 Å². The van der Waals surface area contributed by atoms with Gasteiger partial charge in [0.05, 0.1) is 11.1 Å². The van der Waals surface area contributed by atoms with Crippen molar-refractivity contribution in [3.05, 3.63) is 106 Å². The van der Waals surface area contributed by atoms with Gasteiger partial charge in [-0.1, -0.05) is 60.7 Å². The maximum atomic E-state index is 13.8. The van der Waals surface area contributed by atoms with E-state index in [-0.39, 0.29) is 16.7 Å². The highest BCUT2D eigenvalue weighted by atomic mass is 19.4. The number of hydrogen-bond donors (Lipinski definition) is 0. The number of ketones is 3. The highest BCUT2D eigenvalue weighted by molar-refractivity contribution is 6.31. The highest BCUT2D eigenvalue weighted by Gasteiger charge is 2.47. The summed E-state index contributed by atoms with van der Waals surface area (Å²) >= 11 is 0. The van der Waals surface area contributed by atoms with Crippen molar-refractivity contribution in [3.63, 3.8) is 0 Å². The number of carbonyl (C=O) groups is 3. The summed E-state index contributed by atoms with van der Waals surface area (Å²) in [5.41, 5.74) is -1.76. The number of fused-ring (bicyclic) bond motifs is 3. The van der Waals surface area contributed by atoms with Gasteiger partial charge in [-0.2, -0.15) is 13.2 Å². The summed E-state index contributed by atoms with van der Waals surface area (Å²) < 4.78 is 46.2. The Morgan fingerprint density at radius 1 is 0.774 bits per heavy atom. The second-order valence-corrected chi connectivity index (χ2v) is 7.10. The Morgan fingerprint density at radius 3 is 2.06 bits per heavy atom. The Balaban J connectivity index is 1.76. The van der Waals surface area contributed by atoms with Crippen LogP contribution in [0.3, 0.4) is 0 Å². The lowest BCUT2D eigenvalue weighted by Crippen LogP contribution is -2.22. The second-order valence-electron chi connectivity index (χ2n) is 7.10. The molecule has 152 valence electrons. The van der Waals surface area contributed by atoms with Gasteiger partial charge < -0.3 is 4.42 Å². The highest BCUT2D eigenvalue weighted by Crippen LogP contribution is 2.41. The fourth-order valence-corrected chi connectivity index (χ4v) is 3.83. The average molecular weight is 420 g/mol. The molecule has 1 heterocycles. The van der Waals surface area contributed by atoms with E-state index in [1.807, 2.05) is 0 Å². The van der Waals surface area contributed by atoms with E-state index in [1.165, 1.54) is 36.4 Å². The first-order chi connectivity index (χ1) is 14.8. The van der Waals surface area contributed by atoms with Crippen LogP contribution in [0.2, 0.25) is 0 Å². The summed E-state index contributed by atoms with van der Waals surface area (Å²) in [5.74, 6) is -5.17. The van der Waals surface area contributed by atoms with Crippen LogP contribution >= 0.6 is 0 Å². The first-order valence-electron chi connectivity index (χ1n) is 9.23. The lowest BCUT2D eigenvalue weighted by molar-refractivity contribution is -0.153. The minimum absolute atomic E-state index is 0.0492. The van der Waals surface area contributed by atoms with Gasteiger partial charge in [-0.05, 0) is 16.8 Å². The van der Waals surface area contributed by atoms with Crippen molar-refractivity contribution < 1.29 is 32.0 Å². The monoisotopic (exact) mass is 420 g/mol. The van der Waals surface area contributed by atoms with Crippen molar-refractivity contribution in [3.8, 4) is 0 Å². The van der Waals surface area contributed by atoms with Crippen LogP contribution in [-0.2, 0) is 6.18 Å². The van der Waals surface area contributed by atoms with Crippen LogP contribution in [0.4, 0.5) is 13.2 Å². The molecule has 31 heavy (non-hydrogen) atoms. The van der Waals surface area contributed by atoms with Crippen LogP contribution < -0.4 is 0 Å². The van der Waals surface area contributed by atoms with Crippen molar-refractivity contribution in [2.45, 2.75) is 6.18 Å². The average Bonchev–Trinajstić information content (AvgIpc) is 3.18. The molecular formula is C24H11F3O4. The van der Waals surface area contributed by atoms with E-state index < -0.39 is 46.2 Å². The molecule has 0 atom stereocenters. The summed E-state index contributed by atoms with van der Waals surface area (Å²) in [6.07, 6.45) is -5.08. The molecule has 0 fully saturated rings. The molecule has 3 aromatic carbocycles. The standard InChI is InChI=1S/C24H11F3O4/c25-24(26,27)23-18(19(28)14-10-9-12-5-1-2-6-13(12)11-14)17-20(29)15-7-3-4-8-16(15)21(30)22(17)31-23/h1-11H. The fraction of sp³-hybridized carbons (Fsp3) is 0.0417. The van der Waals surface area contributed by atoms with Crippen molar-refractivity contribution in [1.82, 2.24) is 0 Å². The largest absolute Gasteiger partial charge is 0.450 e. The van der Waals surface area contributed by atoms with E-state index in [0.717, 1.165) is 5.39 Å². The Bertz CT molecular complexity index is 1430. The van der Waals surface area contributed by atoms with E-state index >= 15 is 0 Å². The summed E-state index contributed by atoms with van der Waals surface area (Å²) in [7, 11) is 0. The molecule has 1 aromatic heterocycles. The van der Waals surface area contributed by atoms with Crippen molar-refractivity contribution in [2.24, 2.45) is 0 Å². The SMILES string of the molecule is O=C1c2ccccc2C(=O)c2c1oc(C(F)(F)F)c2C(=O)c1ccc2ccccc2c1. The van der Waals surface area contributed by atoms with Crippen LogP contribution in [0.15, 0.2) is 71.1 Å². The van der Waals surface area contributed by atoms with E-state index in [0.29, 0.717) is 5.39 Å². The predicted molar refractivity (Wildman–Crippen MR) is 104 cm³/mol. The minimum Gasteiger partial charge on any atom is -0.446 e. The molecule has 0 N–H and O–H groups in total. The third-order valence-electron chi connectivity index (χ3n) is 5.25. The number of alkyl halides is 3. The third-order valence-corrected chi connectivity index (χ3v) is 5.25. The number of halogens is 3. The topological polar surface area (TPSA) is 64.3 Å². The Hall–Kier alpha value is -4.00. The van der Waals surface area contributed by atoms with Gasteiger partial charge in [-0.25, -0.2) is 0 Å². The first kappa shape index (κ1) is 19.0. The Labute approximate surface area is 172 Å². The summed E-state index contributed by atoms with van der Waals surface area (Å²) in [6, 6.07) is 17.1. The van der Waals surface area contributed by atoms with Gasteiger partial charge in [-0.15, -0.1) is 0 Å². The zero-order valence-corrected chi connectivity index (χ0v) is 15.6. The molecule has 4 nitrogen and oxygen atoms in total. The number of benzene rings is 3. The summed E-state index contributed by atoms with van der Waals surface area (Å²) in [5, 5.41) is 1.44. The zero-order valence-electron chi connectivity index (χ0n) is 15.6. The summed E-state index contributed by atoms with van der Waals surface area (Å²) in [6.45, 7) is 0. The number of rotatable bonds is 2. The summed E-state index contributed by atoms with van der Waals surface area (Å²) in [4.78, 5) is 39.0. The van der Waals surface area contributed by atoms with Gasteiger partial charge in [0.15, 0.2) is 17.3 Å². The lowest BCUT2D eigenvalue weighted by atomic mass is 9.84. The lowest BCUT2D eigenvalue weighted by Gasteiger charge is -2.13. The minimum atomic E-state index is -5.08. The van der Waals surface area contributed by atoms with E-state index in [9.17, 15) is 27.6 Å². The van der Waals surface area contributed by atoms with Crippen LogP contribution in [0, 0.1) is 0 Å². The Kier molecular flexibility index (Phi) is 3.98. The maximum absolute atomic E-state index is 13.8. The van der Waals surface area contributed by atoms with E-state index in [1.54, 1.807) is 30.3 Å². The van der Waals surface area contributed by atoms with Gasteiger partial charge >= 0.3 is 6.18 Å². The fourth-order valence-electron chi connectivity index (χ4n) is 3.83.